The van der Waals surface area contributed by atoms with Crippen LogP contribution in [-0.2, 0) is 0 Å². The lowest BCUT2D eigenvalue weighted by molar-refractivity contribution is 0.601. The molecular weight excluding hydrogens is 185 g/mol. The molecule has 0 heterocycles. The largest absolute Gasteiger partial charge is 0.206 e. The average molecular weight is 195 g/mol. The second kappa shape index (κ2) is 4.29. The van der Waals surface area contributed by atoms with E-state index in [0.29, 0.717) is 15.7 Å². The van der Waals surface area contributed by atoms with Gasteiger partial charge < -0.3 is 0 Å². The van der Waals surface area contributed by atoms with E-state index in [1.54, 1.807) is 12.1 Å². The Balaban J connectivity index is 2.93. The Hall–Kier alpha value is -1.01. The molecule has 0 aliphatic carbocycles. The number of hydrogen-bond donors (Lipinski definition) is 0. The van der Waals surface area contributed by atoms with Crippen molar-refractivity contribution in [3.05, 3.63) is 29.6 Å². The smallest absolute Gasteiger partial charge is 0.138 e. The number of halogens is 1. The Kier molecular flexibility index (Phi) is 3.32. The van der Waals surface area contributed by atoms with E-state index in [1.165, 1.54) is 17.8 Å². The van der Waals surface area contributed by atoms with Crippen LogP contribution in [0.5, 0.6) is 0 Å². The van der Waals surface area contributed by atoms with E-state index < -0.39 is 0 Å². The molecule has 1 rings (SSSR count). The molecule has 0 saturated heterocycles. The molecule has 0 aromatic heterocycles. The van der Waals surface area contributed by atoms with Gasteiger partial charge in [0.2, 0.25) is 0 Å². The normalized spacial score (nSPS) is 10.1. The summed E-state index contributed by atoms with van der Waals surface area (Å²) in [6, 6.07) is 6.45. The second-order valence-electron chi connectivity index (χ2n) is 2.92. The van der Waals surface area contributed by atoms with Gasteiger partial charge in [-0.25, -0.2) is 4.39 Å². The first-order valence-electron chi connectivity index (χ1n) is 4.00. The van der Waals surface area contributed by atoms with Gasteiger partial charge >= 0.3 is 0 Å². The van der Waals surface area contributed by atoms with Gasteiger partial charge in [0, 0.05) is 10.1 Å². The summed E-state index contributed by atoms with van der Waals surface area (Å²) >= 11 is 1.46. The SMILES string of the molecule is CC(C)Sc1ccc(C#N)cc1F. The first kappa shape index (κ1) is 10.1. The molecule has 0 aliphatic heterocycles. The van der Waals surface area contributed by atoms with E-state index in [9.17, 15) is 4.39 Å². The highest BCUT2D eigenvalue weighted by Crippen LogP contribution is 2.25. The van der Waals surface area contributed by atoms with Crippen LogP contribution in [0.1, 0.15) is 19.4 Å². The van der Waals surface area contributed by atoms with Crippen LogP contribution in [0.15, 0.2) is 23.1 Å². The predicted molar refractivity (Wildman–Crippen MR) is 52.1 cm³/mol. The maximum atomic E-state index is 13.2. The quantitative estimate of drug-likeness (QED) is 0.677. The molecule has 0 atom stereocenters. The fraction of sp³-hybridized carbons (Fsp3) is 0.300. The highest BCUT2D eigenvalue weighted by molar-refractivity contribution is 7.99. The highest BCUT2D eigenvalue weighted by Gasteiger charge is 2.05. The molecular formula is C10H10FNS. The molecule has 0 amide bonds. The van der Waals surface area contributed by atoms with Crippen molar-refractivity contribution in [3.63, 3.8) is 0 Å². The third-order valence-corrected chi connectivity index (χ3v) is 2.48. The Morgan fingerprint density at radius 2 is 2.15 bits per heavy atom. The topological polar surface area (TPSA) is 23.8 Å². The average Bonchev–Trinajstić information content (AvgIpc) is 2.08. The van der Waals surface area contributed by atoms with Crippen molar-refractivity contribution in [3.8, 4) is 6.07 Å². The number of nitriles is 1. The maximum absolute atomic E-state index is 13.2. The van der Waals surface area contributed by atoms with Crippen LogP contribution < -0.4 is 0 Å². The van der Waals surface area contributed by atoms with Gasteiger partial charge in [-0.05, 0) is 18.2 Å². The lowest BCUT2D eigenvalue weighted by Gasteiger charge is -2.05. The van der Waals surface area contributed by atoms with Crippen molar-refractivity contribution in [2.75, 3.05) is 0 Å². The second-order valence-corrected chi connectivity index (χ2v) is 4.54. The molecule has 0 bridgehead atoms. The van der Waals surface area contributed by atoms with Crippen molar-refractivity contribution in [1.29, 1.82) is 5.26 Å². The minimum absolute atomic E-state index is 0.308. The van der Waals surface area contributed by atoms with Gasteiger partial charge in [-0.15, -0.1) is 11.8 Å². The Morgan fingerprint density at radius 1 is 1.46 bits per heavy atom. The van der Waals surface area contributed by atoms with E-state index in [-0.39, 0.29) is 5.82 Å². The molecule has 3 heteroatoms. The molecule has 0 unspecified atom stereocenters. The molecule has 1 aromatic rings. The zero-order valence-corrected chi connectivity index (χ0v) is 8.36. The standard InChI is InChI=1S/C10H10FNS/c1-7(2)13-10-4-3-8(6-12)5-9(10)11/h3-5,7H,1-2H3. The summed E-state index contributed by atoms with van der Waals surface area (Å²) in [5, 5.41) is 8.86. The maximum Gasteiger partial charge on any atom is 0.138 e. The molecule has 1 nitrogen and oxygen atoms in total. The van der Waals surface area contributed by atoms with Crippen LogP contribution in [0, 0.1) is 17.1 Å². The van der Waals surface area contributed by atoms with Crippen molar-refractivity contribution in [2.24, 2.45) is 0 Å². The zero-order chi connectivity index (χ0) is 9.84. The third-order valence-electron chi connectivity index (χ3n) is 1.42. The number of rotatable bonds is 2. The molecule has 0 aliphatic rings. The highest BCUT2D eigenvalue weighted by atomic mass is 32.2. The van der Waals surface area contributed by atoms with Crippen LogP contribution >= 0.6 is 11.8 Å². The Bertz CT molecular complexity index is 341. The van der Waals surface area contributed by atoms with Gasteiger partial charge in [-0.3, -0.25) is 0 Å². The molecule has 68 valence electrons. The van der Waals surface area contributed by atoms with E-state index in [4.69, 9.17) is 5.26 Å². The van der Waals surface area contributed by atoms with Crippen LogP contribution in [0.4, 0.5) is 4.39 Å². The molecule has 13 heavy (non-hydrogen) atoms. The number of thioether (sulfide) groups is 1. The molecule has 0 saturated carbocycles. The van der Waals surface area contributed by atoms with Crippen LogP contribution in [0.3, 0.4) is 0 Å². The third kappa shape index (κ3) is 2.74. The summed E-state index contributed by atoms with van der Waals surface area (Å²) < 4.78 is 13.2. The molecule has 0 N–H and O–H groups in total. The van der Waals surface area contributed by atoms with E-state index in [2.05, 4.69) is 0 Å². The number of nitrogens with zero attached hydrogens (tertiary/aromatic N) is 1. The lowest BCUT2D eigenvalue weighted by atomic mass is 10.2. The van der Waals surface area contributed by atoms with Crippen LogP contribution in [0.25, 0.3) is 0 Å². The fourth-order valence-electron chi connectivity index (χ4n) is 0.920. The Labute approximate surface area is 81.6 Å². The van der Waals surface area contributed by atoms with E-state index >= 15 is 0 Å². The molecule has 0 spiro atoms. The summed E-state index contributed by atoms with van der Waals surface area (Å²) in [5.74, 6) is -0.308. The summed E-state index contributed by atoms with van der Waals surface area (Å²) in [6.07, 6.45) is 0. The zero-order valence-electron chi connectivity index (χ0n) is 7.54. The van der Waals surface area contributed by atoms with Crippen LogP contribution in [0.2, 0.25) is 0 Å². The molecule has 1 aromatic carbocycles. The van der Waals surface area contributed by atoms with Crippen molar-refractivity contribution in [1.82, 2.24) is 0 Å². The fourth-order valence-corrected chi connectivity index (χ4v) is 1.75. The van der Waals surface area contributed by atoms with Gasteiger partial charge in [0.15, 0.2) is 0 Å². The van der Waals surface area contributed by atoms with Gasteiger partial charge in [-0.2, -0.15) is 5.26 Å². The van der Waals surface area contributed by atoms with Crippen molar-refractivity contribution < 1.29 is 4.39 Å². The van der Waals surface area contributed by atoms with Crippen LogP contribution in [-0.4, -0.2) is 5.25 Å². The summed E-state index contributed by atoms with van der Waals surface area (Å²) in [7, 11) is 0. The van der Waals surface area contributed by atoms with Gasteiger partial charge in [0.05, 0.1) is 11.6 Å². The summed E-state index contributed by atoms with van der Waals surface area (Å²) in [4.78, 5) is 0.606. The van der Waals surface area contributed by atoms with Crippen molar-refractivity contribution >= 4 is 11.8 Å². The first-order chi connectivity index (χ1) is 6.13. The Morgan fingerprint density at radius 3 is 2.62 bits per heavy atom. The van der Waals surface area contributed by atoms with Crippen molar-refractivity contribution in [2.45, 2.75) is 24.0 Å². The first-order valence-corrected chi connectivity index (χ1v) is 4.87. The summed E-state index contributed by atoms with van der Waals surface area (Å²) in [6.45, 7) is 4.00. The monoisotopic (exact) mass is 195 g/mol. The minimum atomic E-state index is -0.308. The number of hydrogen-bond acceptors (Lipinski definition) is 2. The van der Waals surface area contributed by atoms with Gasteiger partial charge in [0.25, 0.3) is 0 Å². The molecule has 0 radical (unpaired) electrons. The molecule has 0 fully saturated rings. The van der Waals surface area contributed by atoms with Gasteiger partial charge in [0.1, 0.15) is 5.82 Å². The van der Waals surface area contributed by atoms with E-state index in [1.807, 2.05) is 19.9 Å². The number of benzene rings is 1. The lowest BCUT2D eigenvalue weighted by Crippen LogP contribution is -1.89. The predicted octanol–water partition coefficient (Wildman–Crippen LogP) is 3.20. The van der Waals surface area contributed by atoms with Gasteiger partial charge in [-0.1, -0.05) is 13.8 Å². The summed E-state index contributed by atoms with van der Waals surface area (Å²) in [5.41, 5.74) is 0.366. The van der Waals surface area contributed by atoms with E-state index in [0.717, 1.165) is 0 Å². The minimum Gasteiger partial charge on any atom is -0.206 e.